The maximum atomic E-state index is 10.4. The van der Waals surface area contributed by atoms with Crippen LogP contribution in [-0.4, -0.2) is 5.11 Å². The van der Waals surface area contributed by atoms with Crippen LogP contribution in [0.5, 0.6) is 0 Å². The van der Waals surface area contributed by atoms with E-state index in [1.54, 1.807) is 0 Å². The molecule has 0 aliphatic heterocycles. The quantitative estimate of drug-likeness (QED) is 0.845. The van der Waals surface area contributed by atoms with Gasteiger partial charge in [0, 0.05) is 9.35 Å². The Hall–Kier alpha value is 0.110. The van der Waals surface area contributed by atoms with E-state index in [-0.39, 0.29) is 0 Å². The average molecular weight is 365 g/mol. The molecule has 0 saturated heterocycles. The third-order valence-electron chi connectivity index (χ3n) is 3.18. The molecule has 1 aromatic rings. The molecule has 86 valence electrons. The summed E-state index contributed by atoms with van der Waals surface area (Å²) >= 11 is 8.30. The second kappa shape index (κ2) is 4.77. The standard InChI is InChI=1S/C11H11Br2NOS/c12-7-5-8(16-10(7)13)9(15)11(6-14)3-1-2-4-11/h5,9,15H,1-4H2. The fraction of sp³-hybridized carbons (Fsp3) is 0.545. The van der Waals surface area contributed by atoms with Crippen LogP contribution in [0.4, 0.5) is 0 Å². The molecule has 1 saturated carbocycles. The number of nitriles is 1. The molecule has 1 heterocycles. The van der Waals surface area contributed by atoms with Crippen molar-refractivity contribution in [1.82, 2.24) is 0 Å². The van der Waals surface area contributed by atoms with E-state index in [2.05, 4.69) is 37.9 Å². The molecule has 5 heteroatoms. The lowest BCUT2D eigenvalue weighted by Crippen LogP contribution is -2.23. The summed E-state index contributed by atoms with van der Waals surface area (Å²) in [7, 11) is 0. The van der Waals surface area contributed by atoms with Crippen LogP contribution in [0.1, 0.15) is 36.7 Å². The smallest absolute Gasteiger partial charge is 0.107 e. The largest absolute Gasteiger partial charge is 0.386 e. The summed E-state index contributed by atoms with van der Waals surface area (Å²) in [6.07, 6.45) is 3.03. The van der Waals surface area contributed by atoms with Crippen LogP contribution in [0.2, 0.25) is 0 Å². The van der Waals surface area contributed by atoms with Gasteiger partial charge >= 0.3 is 0 Å². The van der Waals surface area contributed by atoms with Gasteiger partial charge in [0.05, 0.1) is 15.3 Å². The van der Waals surface area contributed by atoms with Gasteiger partial charge in [-0.1, -0.05) is 12.8 Å². The second-order valence-electron chi connectivity index (χ2n) is 4.15. The van der Waals surface area contributed by atoms with Gasteiger partial charge in [-0.15, -0.1) is 11.3 Å². The number of nitrogens with zero attached hydrogens (tertiary/aromatic N) is 1. The van der Waals surface area contributed by atoms with E-state index in [0.29, 0.717) is 0 Å². The average Bonchev–Trinajstić information content (AvgIpc) is 2.87. The predicted molar refractivity (Wildman–Crippen MR) is 71.2 cm³/mol. The van der Waals surface area contributed by atoms with Gasteiger partial charge in [-0.2, -0.15) is 5.26 Å². The molecule has 2 rings (SSSR count). The van der Waals surface area contributed by atoms with Gasteiger partial charge in [-0.3, -0.25) is 0 Å². The van der Waals surface area contributed by atoms with Crippen molar-refractivity contribution < 1.29 is 5.11 Å². The number of rotatable bonds is 2. The van der Waals surface area contributed by atoms with E-state index in [9.17, 15) is 10.4 Å². The Bertz CT molecular complexity index is 412. The maximum Gasteiger partial charge on any atom is 0.107 e. The molecule has 1 aliphatic rings. The molecule has 0 bridgehead atoms. The lowest BCUT2D eigenvalue weighted by atomic mass is 9.81. The molecule has 0 spiro atoms. The molecule has 0 amide bonds. The zero-order valence-corrected chi connectivity index (χ0v) is 12.5. The van der Waals surface area contributed by atoms with Crippen LogP contribution in [0.15, 0.2) is 14.3 Å². The van der Waals surface area contributed by atoms with Gasteiger partial charge < -0.3 is 5.11 Å². The number of hydrogen-bond acceptors (Lipinski definition) is 3. The fourth-order valence-electron chi connectivity index (χ4n) is 2.22. The topological polar surface area (TPSA) is 44.0 Å². The van der Waals surface area contributed by atoms with Crippen LogP contribution >= 0.6 is 43.2 Å². The van der Waals surface area contributed by atoms with Crippen molar-refractivity contribution in [3.8, 4) is 6.07 Å². The highest BCUT2D eigenvalue weighted by Gasteiger charge is 2.42. The Labute approximate surface area is 116 Å². The Balaban J connectivity index is 2.30. The van der Waals surface area contributed by atoms with Crippen LogP contribution in [0, 0.1) is 16.7 Å². The summed E-state index contributed by atoms with van der Waals surface area (Å²) in [5.74, 6) is 0. The van der Waals surface area contributed by atoms with Gasteiger partial charge in [0.1, 0.15) is 6.10 Å². The monoisotopic (exact) mass is 363 g/mol. The van der Waals surface area contributed by atoms with Gasteiger partial charge in [-0.25, -0.2) is 0 Å². The molecule has 1 N–H and O–H groups in total. The summed E-state index contributed by atoms with van der Waals surface area (Å²) in [5.41, 5.74) is -0.566. The molecule has 1 aliphatic carbocycles. The van der Waals surface area contributed by atoms with Crippen molar-refractivity contribution in [1.29, 1.82) is 5.26 Å². The van der Waals surface area contributed by atoms with Gasteiger partial charge in [0.2, 0.25) is 0 Å². The SMILES string of the molecule is N#CC1(C(O)c2cc(Br)c(Br)s2)CCCC1. The Kier molecular flexibility index (Phi) is 3.75. The fourth-order valence-corrected chi connectivity index (χ4v) is 4.42. The van der Waals surface area contributed by atoms with E-state index in [4.69, 9.17) is 0 Å². The summed E-state index contributed by atoms with van der Waals surface area (Å²) in [4.78, 5) is 0.863. The molecule has 1 atom stereocenters. The van der Waals surface area contributed by atoms with E-state index in [1.807, 2.05) is 6.07 Å². The number of halogens is 2. The number of hydrogen-bond donors (Lipinski definition) is 1. The van der Waals surface area contributed by atoms with Crippen molar-refractivity contribution in [3.63, 3.8) is 0 Å². The van der Waals surface area contributed by atoms with Crippen molar-refractivity contribution in [3.05, 3.63) is 19.2 Å². The molecule has 1 fully saturated rings. The van der Waals surface area contributed by atoms with E-state index in [1.165, 1.54) is 11.3 Å². The molecular formula is C11H11Br2NOS. The highest BCUT2D eigenvalue weighted by molar-refractivity contribution is 9.13. The minimum atomic E-state index is -0.660. The highest BCUT2D eigenvalue weighted by Crippen LogP contribution is 2.49. The molecule has 16 heavy (non-hydrogen) atoms. The first-order chi connectivity index (χ1) is 7.59. The third kappa shape index (κ3) is 2.08. The number of thiophene rings is 1. The molecule has 2 nitrogen and oxygen atoms in total. The Morgan fingerprint density at radius 2 is 2.06 bits per heavy atom. The molecule has 1 aromatic heterocycles. The Morgan fingerprint density at radius 1 is 1.44 bits per heavy atom. The third-order valence-corrected chi connectivity index (χ3v) is 6.48. The molecule has 1 unspecified atom stereocenters. The van der Waals surface area contributed by atoms with Crippen LogP contribution in [0.3, 0.4) is 0 Å². The highest BCUT2D eigenvalue weighted by atomic mass is 79.9. The van der Waals surface area contributed by atoms with Gasteiger partial charge in [-0.05, 0) is 50.8 Å². The van der Waals surface area contributed by atoms with Crippen molar-refractivity contribution in [2.75, 3.05) is 0 Å². The van der Waals surface area contributed by atoms with Crippen molar-refractivity contribution in [2.24, 2.45) is 5.41 Å². The summed E-state index contributed by atoms with van der Waals surface area (Å²) in [6, 6.07) is 4.23. The van der Waals surface area contributed by atoms with Gasteiger partial charge in [0.25, 0.3) is 0 Å². The molecular weight excluding hydrogens is 354 g/mol. The minimum absolute atomic E-state index is 0.566. The van der Waals surface area contributed by atoms with E-state index < -0.39 is 11.5 Å². The maximum absolute atomic E-state index is 10.4. The summed E-state index contributed by atoms with van der Waals surface area (Å²) in [6.45, 7) is 0. The minimum Gasteiger partial charge on any atom is -0.386 e. The number of aliphatic hydroxyl groups is 1. The second-order valence-corrected chi connectivity index (χ2v) is 7.40. The molecule has 0 aromatic carbocycles. The van der Waals surface area contributed by atoms with E-state index in [0.717, 1.165) is 38.8 Å². The Morgan fingerprint density at radius 3 is 2.50 bits per heavy atom. The lowest BCUT2D eigenvalue weighted by Gasteiger charge is -2.25. The summed E-state index contributed by atoms with van der Waals surface area (Å²) in [5, 5.41) is 19.7. The van der Waals surface area contributed by atoms with Crippen molar-refractivity contribution >= 4 is 43.2 Å². The first-order valence-electron chi connectivity index (χ1n) is 5.13. The zero-order chi connectivity index (χ0) is 11.8. The normalized spacial score (nSPS) is 20.6. The zero-order valence-electron chi connectivity index (χ0n) is 8.54. The van der Waals surface area contributed by atoms with E-state index >= 15 is 0 Å². The number of aliphatic hydroxyl groups excluding tert-OH is 1. The van der Waals surface area contributed by atoms with Crippen LogP contribution in [-0.2, 0) is 0 Å². The predicted octanol–water partition coefficient (Wildman–Crippen LogP) is 4.39. The van der Waals surface area contributed by atoms with Crippen molar-refractivity contribution in [2.45, 2.75) is 31.8 Å². The first kappa shape index (κ1) is 12.6. The summed E-state index contributed by atoms with van der Waals surface area (Å²) < 4.78 is 1.91. The van der Waals surface area contributed by atoms with Crippen LogP contribution in [0.25, 0.3) is 0 Å². The lowest BCUT2D eigenvalue weighted by molar-refractivity contribution is 0.0702. The van der Waals surface area contributed by atoms with Gasteiger partial charge in [0.15, 0.2) is 0 Å². The first-order valence-corrected chi connectivity index (χ1v) is 7.53. The molecule has 0 radical (unpaired) electrons. The van der Waals surface area contributed by atoms with Crippen LogP contribution < -0.4 is 0 Å².